The van der Waals surface area contributed by atoms with E-state index < -0.39 is 0 Å². The predicted molar refractivity (Wildman–Crippen MR) is 140 cm³/mol. The number of likely N-dealkylation sites (tertiary alicyclic amines) is 1. The van der Waals surface area contributed by atoms with Gasteiger partial charge < -0.3 is 9.88 Å². The molecule has 4 aromatic rings. The van der Waals surface area contributed by atoms with Crippen molar-refractivity contribution in [1.82, 2.24) is 19.4 Å². The van der Waals surface area contributed by atoms with Crippen LogP contribution in [0.1, 0.15) is 49.5 Å². The first-order chi connectivity index (χ1) is 16.6. The molecule has 1 saturated heterocycles. The summed E-state index contributed by atoms with van der Waals surface area (Å²) in [5.41, 5.74) is 1.80. The molecule has 1 fully saturated rings. The summed E-state index contributed by atoms with van der Waals surface area (Å²) >= 11 is 7.16. The number of benzene rings is 2. The van der Waals surface area contributed by atoms with E-state index in [0.717, 1.165) is 56.2 Å². The molecule has 2 aromatic carbocycles. The minimum atomic E-state index is -0.0496. The largest absolute Gasteiger partial charge is 0.343 e. The fourth-order valence-electron chi connectivity index (χ4n) is 4.72. The monoisotopic (exact) mass is 492 g/mol. The lowest BCUT2D eigenvalue weighted by Gasteiger charge is -2.31. The number of hydrogen-bond acceptors (Lipinski definition) is 5. The van der Waals surface area contributed by atoms with Gasteiger partial charge in [0.2, 0.25) is 5.91 Å². The first kappa shape index (κ1) is 22.9. The van der Waals surface area contributed by atoms with E-state index in [2.05, 4.69) is 23.2 Å². The summed E-state index contributed by atoms with van der Waals surface area (Å²) in [6.07, 6.45) is 5.06. The van der Waals surface area contributed by atoms with Gasteiger partial charge in [0.25, 0.3) is 5.56 Å². The van der Waals surface area contributed by atoms with Crippen LogP contribution in [-0.2, 0) is 11.3 Å². The van der Waals surface area contributed by atoms with E-state index in [1.807, 2.05) is 35.2 Å². The molecule has 1 N–H and O–H groups in total. The molecule has 6 nitrogen and oxygen atoms in total. The van der Waals surface area contributed by atoms with Crippen LogP contribution in [-0.4, -0.2) is 38.4 Å². The summed E-state index contributed by atoms with van der Waals surface area (Å²) in [6, 6.07) is 15.7. The molecule has 2 aromatic heterocycles. The quantitative estimate of drug-likeness (QED) is 0.268. The number of piperidine rings is 1. The van der Waals surface area contributed by atoms with Crippen molar-refractivity contribution in [3.63, 3.8) is 0 Å². The number of hydrogen-bond donors (Lipinski definition) is 1. The number of unbranched alkanes of at least 4 members (excludes halogenated alkanes) is 2. The summed E-state index contributed by atoms with van der Waals surface area (Å²) in [4.78, 5) is 35.4. The second-order valence-electron chi connectivity index (χ2n) is 8.92. The van der Waals surface area contributed by atoms with E-state index in [-0.39, 0.29) is 11.5 Å². The number of fused-ring (bicyclic) bond motifs is 2. The highest BCUT2D eigenvalue weighted by atomic mass is 32.1. The first-order valence-corrected chi connectivity index (χ1v) is 13.2. The molecule has 0 spiro atoms. The van der Waals surface area contributed by atoms with E-state index in [1.165, 1.54) is 9.71 Å². The smallest absolute Gasteiger partial charge is 0.262 e. The number of para-hydroxylation sites is 2. The Balaban J connectivity index is 1.07. The van der Waals surface area contributed by atoms with Crippen LogP contribution in [0.25, 0.3) is 21.1 Å². The molecule has 1 aliphatic rings. The molecule has 0 saturated carbocycles. The van der Waals surface area contributed by atoms with Crippen LogP contribution in [0, 0.1) is 4.77 Å². The van der Waals surface area contributed by atoms with Gasteiger partial charge in [-0.1, -0.05) is 30.7 Å². The Labute approximate surface area is 207 Å². The van der Waals surface area contributed by atoms with Gasteiger partial charge in [-0.25, -0.2) is 4.98 Å². The van der Waals surface area contributed by atoms with Crippen LogP contribution in [0.2, 0.25) is 0 Å². The number of nitrogens with zero attached hydrogens (tertiary/aromatic N) is 3. The van der Waals surface area contributed by atoms with Gasteiger partial charge in [-0.15, -0.1) is 11.3 Å². The Hall–Kier alpha value is -2.84. The maximum Gasteiger partial charge on any atom is 0.262 e. The number of aromatic amines is 1. The molecule has 34 heavy (non-hydrogen) atoms. The predicted octanol–water partition coefficient (Wildman–Crippen LogP) is 5.64. The number of thiazole rings is 1. The van der Waals surface area contributed by atoms with Crippen molar-refractivity contribution < 1.29 is 4.79 Å². The van der Waals surface area contributed by atoms with Gasteiger partial charge in [0, 0.05) is 32.0 Å². The lowest BCUT2D eigenvalue weighted by Crippen LogP contribution is -2.37. The van der Waals surface area contributed by atoms with Crippen molar-refractivity contribution in [2.75, 3.05) is 13.1 Å². The second kappa shape index (κ2) is 10.2. The Morgan fingerprint density at radius 1 is 1.06 bits per heavy atom. The molecule has 8 heteroatoms. The normalized spacial score (nSPS) is 14.8. The number of carbonyl (C=O) groups is 1. The average Bonchev–Trinajstić information content (AvgIpc) is 3.30. The zero-order valence-corrected chi connectivity index (χ0v) is 20.7. The van der Waals surface area contributed by atoms with Gasteiger partial charge in [0.05, 0.1) is 26.1 Å². The highest BCUT2D eigenvalue weighted by Gasteiger charge is 2.25. The molecule has 1 amide bonds. The van der Waals surface area contributed by atoms with Gasteiger partial charge in [-0.3, -0.25) is 14.2 Å². The molecule has 0 unspecified atom stereocenters. The van der Waals surface area contributed by atoms with Gasteiger partial charge in [0.15, 0.2) is 4.77 Å². The third kappa shape index (κ3) is 4.83. The maximum absolute atomic E-state index is 12.7. The van der Waals surface area contributed by atoms with Gasteiger partial charge in [-0.05, 0) is 62.2 Å². The van der Waals surface area contributed by atoms with E-state index in [1.54, 1.807) is 15.9 Å². The number of amides is 1. The summed E-state index contributed by atoms with van der Waals surface area (Å²) in [7, 11) is 0. The van der Waals surface area contributed by atoms with Gasteiger partial charge >= 0.3 is 0 Å². The summed E-state index contributed by atoms with van der Waals surface area (Å²) < 4.78 is 3.32. The van der Waals surface area contributed by atoms with Crippen LogP contribution in [0.15, 0.2) is 53.3 Å². The fraction of sp³-hybridized carbons (Fsp3) is 0.385. The van der Waals surface area contributed by atoms with Crippen molar-refractivity contribution in [1.29, 1.82) is 0 Å². The summed E-state index contributed by atoms with van der Waals surface area (Å²) in [5, 5.41) is 1.86. The molecule has 0 bridgehead atoms. The van der Waals surface area contributed by atoms with Gasteiger partial charge in [-0.2, -0.15) is 0 Å². The average molecular weight is 493 g/mol. The van der Waals surface area contributed by atoms with Crippen molar-refractivity contribution in [2.24, 2.45) is 0 Å². The van der Waals surface area contributed by atoms with Crippen LogP contribution < -0.4 is 5.56 Å². The standard InChI is InChI=1S/C26H28N4O2S2/c31-23(29-16-13-18(14-17-29)24-27-21-10-5-6-11-22(21)34-24)12-2-1-7-15-30-25(32)19-8-3-4-9-20(19)28-26(30)33/h3-6,8-11,18H,1-2,7,12-17H2,(H,28,33). The molecule has 0 radical (unpaired) electrons. The van der Waals surface area contributed by atoms with E-state index >= 15 is 0 Å². The molecule has 5 rings (SSSR count). The third-order valence-corrected chi connectivity index (χ3v) is 8.19. The van der Waals surface area contributed by atoms with Crippen molar-refractivity contribution in [3.05, 3.63) is 68.7 Å². The number of H-pyrrole nitrogens is 1. The van der Waals surface area contributed by atoms with Crippen molar-refractivity contribution in [2.45, 2.75) is 51.0 Å². The Morgan fingerprint density at radius 3 is 2.65 bits per heavy atom. The van der Waals surface area contributed by atoms with Crippen molar-refractivity contribution >= 4 is 50.6 Å². The Kier molecular flexibility index (Phi) is 6.87. The first-order valence-electron chi connectivity index (χ1n) is 12.0. The zero-order chi connectivity index (χ0) is 23.5. The van der Waals surface area contributed by atoms with Crippen LogP contribution in [0.5, 0.6) is 0 Å². The highest BCUT2D eigenvalue weighted by molar-refractivity contribution is 7.71. The minimum absolute atomic E-state index is 0.0496. The molecule has 3 heterocycles. The second-order valence-corrected chi connectivity index (χ2v) is 10.4. The molecule has 176 valence electrons. The summed E-state index contributed by atoms with van der Waals surface area (Å²) in [6.45, 7) is 2.18. The Morgan fingerprint density at radius 2 is 1.82 bits per heavy atom. The van der Waals surface area contributed by atoms with Crippen LogP contribution >= 0.6 is 23.6 Å². The van der Waals surface area contributed by atoms with E-state index in [9.17, 15) is 9.59 Å². The maximum atomic E-state index is 12.7. The van der Waals surface area contributed by atoms with E-state index in [4.69, 9.17) is 17.2 Å². The number of carbonyl (C=O) groups excluding carboxylic acids is 1. The SMILES string of the molecule is O=C(CCCCCn1c(=S)[nH]c2ccccc2c1=O)N1CCC(c2nc3ccccc3s2)CC1. The molecule has 1 aliphatic heterocycles. The molecule has 0 atom stereocenters. The van der Waals surface area contributed by atoms with Crippen molar-refractivity contribution in [3.8, 4) is 0 Å². The molecule has 0 aliphatic carbocycles. The number of aromatic nitrogens is 3. The topological polar surface area (TPSA) is 71.0 Å². The van der Waals surface area contributed by atoms with Gasteiger partial charge in [0.1, 0.15) is 0 Å². The lowest BCUT2D eigenvalue weighted by molar-refractivity contribution is -0.132. The summed E-state index contributed by atoms with van der Waals surface area (Å²) in [5.74, 6) is 0.689. The highest BCUT2D eigenvalue weighted by Crippen LogP contribution is 2.34. The third-order valence-electron chi connectivity index (χ3n) is 6.67. The minimum Gasteiger partial charge on any atom is -0.343 e. The molecular formula is C26H28N4O2S2. The Bertz CT molecular complexity index is 1400. The van der Waals surface area contributed by atoms with E-state index in [0.29, 0.717) is 29.0 Å². The number of rotatable bonds is 7. The number of nitrogens with one attached hydrogen (secondary N) is 1. The lowest BCUT2D eigenvalue weighted by atomic mass is 9.97. The zero-order valence-electron chi connectivity index (χ0n) is 19.0. The molecular weight excluding hydrogens is 464 g/mol. The van der Waals surface area contributed by atoms with Crippen LogP contribution in [0.3, 0.4) is 0 Å². The fourth-order valence-corrected chi connectivity index (χ4v) is 6.14. The van der Waals surface area contributed by atoms with Crippen LogP contribution in [0.4, 0.5) is 0 Å².